The summed E-state index contributed by atoms with van der Waals surface area (Å²) in [5, 5.41) is 2.85. The lowest BCUT2D eigenvalue weighted by Crippen LogP contribution is -2.32. The second-order valence-electron chi connectivity index (χ2n) is 6.53. The Morgan fingerprint density at radius 1 is 1.15 bits per heavy atom. The highest BCUT2D eigenvalue weighted by Gasteiger charge is 2.36. The van der Waals surface area contributed by atoms with Crippen LogP contribution < -0.4 is 10.2 Å². The molecule has 2 aliphatic heterocycles. The third-order valence-electron chi connectivity index (χ3n) is 4.73. The van der Waals surface area contributed by atoms with Crippen molar-refractivity contribution in [2.75, 3.05) is 18.1 Å². The number of hydrogen-bond acceptors (Lipinski definition) is 4. The fourth-order valence-corrected chi connectivity index (χ4v) is 3.71. The molecule has 1 saturated heterocycles. The summed E-state index contributed by atoms with van der Waals surface area (Å²) in [6, 6.07) is 11.5. The molecule has 4 rings (SSSR count). The summed E-state index contributed by atoms with van der Waals surface area (Å²) in [6.07, 6.45) is 1.99. The van der Waals surface area contributed by atoms with Gasteiger partial charge in [-0.1, -0.05) is 22.0 Å². The summed E-state index contributed by atoms with van der Waals surface area (Å²) >= 11 is 3.32. The van der Waals surface area contributed by atoms with E-state index >= 15 is 0 Å². The Bertz CT molecular complexity index is 937. The number of ether oxygens (including phenoxy) is 1. The Balaban J connectivity index is 1.55. The van der Waals surface area contributed by atoms with E-state index in [9.17, 15) is 14.4 Å². The molecule has 0 bridgehead atoms. The number of nitrogens with zero attached hydrogens (tertiary/aromatic N) is 1. The number of rotatable bonds is 4. The molecule has 6 nitrogen and oxygen atoms in total. The summed E-state index contributed by atoms with van der Waals surface area (Å²) in [7, 11) is 0. The highest BCUT2D eigenvalue weighted by molar-refractivity contribution is 9.10. The number of imide groups is 1. The fraction of sp³-hybridized carbons (Fsp3) is 0.250. The molecule has 0 aromatic heterocycles. The first kappa shape index (κ1) is 17.9. The standard InChI is InChI=1S/C20H17BrN2O4/c21-13-6-7-16-17(10-13)20(26)23(19(16)25)14-4-1-3-12(9-14)18(24)22-11-15-5-2-8-27-15/h1,3-4,6-7,9-10,15H,2,5,8,11H2,(H,22,24)/t15-/m0/s1. The number of carbonyl (C=O) groups excluding carboxylic acids is 3. The van der Waals surface area contributed by atoms with E-state index in [0.717, 1.165) is 28.8 Å². The molecule has 0 aliphatic carbocycles. The predicted octanol–water partition coefficient (Wildman–Crippen LogP) is 3.16. The smallest absolute Gasteiger partial charge is 0.266 e. The van der Waals surface area contributed by atoms with E-state index in [0.29, 0.717) is 28.9 Å². The van der Waals surface area contributed by atoms with Gasteiger partial charge in [-0.25, -0.2) is 4.90 Å². The van der Waals surface area contributed by atoms with Crippen LogP contribution in [0.25, 0.3) is 0 Å². The molecule has 0 saturated carbocycles. The SMILES string of the molecule is O=C(NC[C@@H]1CCCO1)c1cccc(N2C(=O)c3ccc(Br)cc3C2=O)c1. The van der Waals surface area contributed by atoms with Gasteiger partial charge in [-0.05, 0) is 49.2 Å². The predicted molar refractivity (Wildman–Crippen MR) is 103 cm³/mol. The lowest BCUT2D eigenvalue weighted by Gasteiger charge is -2.15. The molecule has 0 radical (unpaired) electrons. The zero-order valence-electron chi connectivity index (χ0n) is 14.4. The highest BCUT2D eigenvalue weighted by Crippen LogP contribution is 2.30. The lowest BCUT2D eigenvalue weighted by atomic mass is 10.1. The van der Waals surface area contributed by atoms with Crippen LogP contribution in [0.2, 0.25) is 0 Å². The Labute approximate surface area is 164 Å². The Kier molecular flexibility index (Phi) is 4.80. The Morgan fingerprint density at radius 2 is 1.96 bits per heavy atom. The monoisotopic (exact) mass is 428 g/mol. The van der Waals surface area contributed by atoms with Crippen LogP contribution in [0.1, 0.15) is 43.9 Å². The van der Waals surface area contributed by atoms with Gasteiger partial charge in [0.2, 0.25) is 0 Å². The van der Waals surface area contributed by atoms with Gasteiger partial charge in [0.25, 0.3) is 17.7 Å². The van der Waals surface area contributed by atoms with E-state index in [1.54, 1.807) is 42.5 Å². The van der Waals surface area contributed by atoms with Crippen molar-refractivity contribution in [3.8, 4) is 0 Å². The van der Waals surface area contributed by atoms with Crippen molar-refractivity contribution in [2.24, 2.45) is 0 Å². The van der Waals surface area contributed by atoms with E-state index in [4.69, 9.17) is 4.74 Å². The molecule has 1 atom stereocenters. The minimum Gasteiger partial charge on any atom is -0.376 e. The number of nitrogens with one attached hydrogen (secondary N) is 1. The Morgan fingerprint density at radius 3 is 2.74 bits per heavy atom. The van der Waals surface area contributed by atoms with Crippen molar-refractivity contribution in [1.29, 1.82) is 0 Å². The van der Waals surface area contributed by atoms with Crippen molar-refractivity contribution >= 4 is 39.3 Å². The number of carbonyl (C=O) groups is 3. The molecule has 138 valence electrons. The zero-order valence-corrected chi connectivity index (χ0v) is 16.0. The molecule has 7 heteroatoms. The fourth-order valence-electron chi connectivity index (χ4n) is 3.35. The van der Waals surface area contributed by atoms with Crippen molar-refractivity contribution in [2.45, 2.75) is 18.9 Å². The minimum absolute atomic E-state index is 0.0480. The van der Waals surface area contributed by atoms with E-state index in [1.807, 2.05) is 0 Å². The first-order valence-corrected chi connectivity index (χ1v) is 9.52. The summed E-state index contributed by atoms with van der Waals surface area (Å²) < 4.78 is 6.23. The molecule has 1 fully saturated rings. The first-order chi connectivity index (χ1) is 13.0. The molecule has 2 aromatic carbocycles. The lowest BCUT2D eigenvalue weighted by molar-refractivity contribution is 0.0856. The number of fused-ring (bicyclic) bond motifs is 1. The van der Waals surface area contributed by atoms with Crippen molar-refractivity contribution in [3.63, 3.8) is 0 Å². The van der Waals surface area contributed by atoms with Crippen LogP contribution in [-0.4, -0.2) is 37.0 Å². The molecule has 2 aliphatic rings. The molecule has 0 unspecified atom stereocenters. The topological polar surface area (TPSA) is 75.7 Å². The van der Waals surface area contributed by atoms with E-state index in [2.05, 4.69) is 21.2 Å². The van der Waals surface area contributed by atoms with Gasteiger partial charge >= 0.3 is 0 Å². The second-order valence-corrected chi connectivity index (χ2v) is 7.45. The molecular formula is C20H17BrN2O4. The number of amides is 3. The molecule has 2 heterocycles. The van der Waals surface area contributed by atoms with Crippen molar-refractivity contribution in [1.82, 2.24) is 5.32 Å². The van der Waals surface area contributed by atoms with Crippen LogP contribution in [0.5, 0.6) is 0 Å². The molecule has 0 spiro atoms. The molecule has 1 N–H and O–H groups in total. The van der Waals surface area contributed by atoms with Crippen molar-refractivity contribution < 1.29 is 19.1 Å². The summed E-state index contributed by atoms with van der Waals surface area (Å²) in [5.41, 5.74) is 1.48. The molecule has 2 aromatic rings. The van der Waals surface area contributed by atoms with Gasteiger partial charge in [0, 0.05) is 23.2 Å². The van der Waals surface area contributed by atoms with E-state index < -0.39 is 5.91 Å². The zero-order chi connectivity index (χ0) is 19.0. The van der Waals surface area contributed by atoms with Gasteiger partial charge in [0.05, 0.1) is 22.9 Å². The number of anilines is 1. The van der Waals surface area contributed by atoms with E-state index in [1.165, 1.54) is 0 Å². The number of halogens is 1. The van der Waals surface area contributed by atoms with Crippen LogP contribution >= 0.6 is 15.9 Å². The van der Waals surface area contributed by atoms with Crippen LogP contribution in [0.15, 0.2) is 46.9 Å². The Hall–Kier alpha value is -2.51. The largest absolute Gasteiger partial charge is 0.376 e. The average Bonchev–Trinajstić information content (AvgIpc) is 3.27. The average molecular weight is 429 g/mol. The second kappa shape index (κ2) is 7.25. The summed E-state index contributed by atoms with van der Waals surface area (Å²) in [4.78, 5) is 38.9. The van der Waals surface area contributed by atoms with Crippen molar-refractivity contribution in [3.05, 3.63) is 63.6 Å². The van der Waals surface area contributed by atoms with Gasteiger partial charge < -0.3 is 10.1 Å². The van der Waals surface area contributed by atoms with Crippen LogP contribution in [0, 0.1) is 0 Å². The third-order valence-corrected chi connectivity index (χ3v) is 5.22. The van der Waals surface area contributed by atoms with Crippen LogP contribution in [-0.2, 0) is 4.74 Å². The third kappa shape index (κ3) is 3.40. The van der Waals surface area contributed by atoms with Gasteiger partial charge in [-0.3, -0.25) is 14.4 Å². The molecule has 3 amide bonds. The first-order valence-electron chi connectivity index (χ1n) is 8.73. The van der Waals surface area contributed by atoms with Gasteiger partial charge in [-0.15, -0.1) is 0 Å². The maximum absolute atomic E-state index is 12.7. The maximum Gasteiger partial charge on any atom is 0.266 e. The number of hydrogen-bond donors (Lipinski definition) is 1. The number of benzene rings is 2. The van der Waals surface area contributed by atoms with Gasteiger partial charge in [0.1, 0.15) is 0 Å². The van der Waals surface area contributed by atoms with Crippen LogP contribution in [0.3, 0.4) is 0 Å². The van der Waals surface area contributed by atoms with Gasteiger partial charge in [-0.2, -0.15) is 0 Å². The maximum atomic E-state index is 12.7. The van der Waals surface area contributed by atoms with E-state index in [-0.39, 0.29) is 17.9 Å². The highest BCUT2D eigenvalue weighted by atomic mass is 79.9. The summed E-state index contributed by atoms with van der Waals surface area (Å²) in [6.45, 7) is 1.18. The van der Waals surface area contributed by atoms with Crippen LogP contribution in [0.4, 0.5) is 5.69 Å². The minimum atomic E-state index is -0.395. The normalized spacial score (nSPS) is 18.7. The molecular weight excluding hydrogens is 412 g/mol. The van der Waals surface area contributed by atoms with Gasteiger partial charge in [0.15, 0.2) is 0 Å². The quantitative estimate of drug-likeness (QED) is 0.758. The summed E-state index contributed by atoms with van der Waals surface area (Å²) in [5.74, 6) is -1.04. The molecule has 27 heavy (non-hydrogen) atoms.